The molecule has 1 aromatic carbocycles. The Morgan fingerprint density at radius 2 is 2.00 bits per heavy atom. The van der Waals surface area contributed by atoms with Crippen molar-refractivity contribution in [3.8, 4) is 0 Å². The molecule has 0 unspecified atom stereocenters. The van der Waals surface area contributed by atoms with Crippen LogP contribution in [-0.4, -0.2) is 47.8 Å². The number of carbonyl (C=O) groups excluding carboxylic acids is 1. The van der Waals surface area contributed by atoms with Gasteiger partial charge in [0.25, 0.3) is 0 Å². The van der Waals surface area contributed by atoms with Gasteiger partial charge in [-0.1, -0.05) is 30.7 Å². The highest BCUT2D eigenvalue weighted by atomic mass is 127. The van der Waals surface area contributed by atoms with Crippen molar-refractivity contribution < 1.29 is 4.79 Å². The molecule has 1 amide bonds. The van der Waals surface area contributed by atoms with E-state index < -0.39 is 0 Å². The molecular weight excluding hydrogens is 463 g/mol. The first-order chi connectivity index (χ1) is 13.2. The fourth-order valence-electron chi connectivity index (χ4n) is 4.71. The first-order valence-corrected chi connectivity index (χ1v) is 10.6. The average molecular weight is 496 g/mol. The number of benzene rings is 1. The van der Waals surface area contributed by atoms with Gasteiger partial charge in [0.2, 0.25) is 5.91 Å². The predicted molar refractivity (Wildman–Crippen MR) is 124 cm³/mol. The molecule has 6 heteroatoms. The second kappa shape index (κ2) is 9.46. The van der Waals surface area contributed by atoms with Crippen LogP contribution >= 0.6 is 24.0 Å². The Morgan fingerprint density at radius 3 is 2.64 bits per heavy atom. The summed E-state index contributed by atoms with van der Waals surface area (Å²) in [4.78, 5) is 21.2. The number of nitrogens with one attached hydrogen (secondary N) is 1. The highest BCUT2D eigenvalue weighted by Crippen LogP contribution is 2.47. The fraction of sp³-hybridized carbons (Fsp3) is 0.636. The minimum absolute atomic E-state index is 0. The van der Waals surface area contributed by atoms with E-state index in [-0.39, 0.29) is 29.9 Å². The van der Waals surface area contributed by atoms with Crippen LogP contribution < -0.4 is 5.32 Å². The van der Waals surface area contributed by atoms with Crippen LogP contribution in [0.4, 0.5) is 0 Å². The highest BCUT2D eigenvalue weighted by molar-refractivity contribution is 14.0. The van der Waals surface area contributed by atoms with Gasteiger partial charge in [-0.25, -0.2) is 4.99 Å². The predicted octanol–water partition coefficient (Wildman–Crippen LogP) is 3.77. The Hall–Kier alpha value is -1.31. The van der Waals surface area contributed by atoms with Crippen LogP contribution in [0.3, 0.4) is 0 Å². The Morgan fingerprint density at radius 1 is 1.18 bits per heavy atom. The van der Waals surface area contributed by atoms with E-state index in [2.05, 4.69) is 41.4 Å². The molecule has 1 aliphatic carbocycles. The minimum atomic E-state index is 0. The second-order valence-corrected chi connectivity index (χ2v) is 8.43. The molecule has 28 heavy (non-hydrogen) atoms. The fourth-order valence-corrected chi connectivity index (χ4v) is 4.71. The molecule has 2 aliphatic heterocycles. The molecule has 2 saturated heterocycles. The zero-order chi connectivity index (χ0) is 18.7. The number of hydrogen-bond acceptors (Lipinski definition) is 2. The van der Waals surface area contributed by atoms with Gasteiger partial charge < -0.3 is 15.1 Å². The highest BCUT2D eigenvalue weighted by Gasteiger charge is 2.43. The summed E-state index contributed by atoms with van der Waals surface area (Å²) in [7, 11) is 0. The third-order valence-corrected chi connectivity index (χ3v) is 6.43. The maximum absolute atomic E-state index is 11.9. The third-order valence-electron chi connectivity index (χ3n) is 6.43. The van der Waals surface area contributed by atoms with E-state index in [4.69, 9.17) is 4.99 Å². The molecule has 5 nitrogen and oxygen atoms in total. The van der Waals surface area contributed by atoms with E-state index in [9.17, 15) is 4.79 Å². The number of carbonyl (C=O) groups is 1. The summed E-state index contributed by atoms with van der Waals surface area (Å²) in [6.07, 6.45) is 7.19. The van der Waals surface area contributed by atoms with Gasteiger partial charge in [0.15, 0.2) is 5.96 Å². The average Bonchev–Trinajstić information content (AvgIpc) is 3.26. The molecule has 1 N–H and O–H groups in total. The lowest BCUT2D eigenvalue weighted by atomic mass is 9.68. The van der Waals surface area contributed by atoms with Crippen molar-refractivity contribution in [1.29, 1.82) is 0 Å². The van der Waals surface area contributed by atoms with Gasteiger partial charge in [-0.05, 0) is 49.1 Å². The molecule has 0 bridgehead atoms. The Bertz CT molecular complexity index is 716. The largest absolute Gasteiger partial charge is 0.357 e. The molecule has 154 valence electrons. The SMILES string of the molecule is CCNC(=NCc1cccc(CN2CCCC2=O)c1)N1CCC2(CCC2)C1.I. The van der Waals surface area contributed by atoms with E-state index >= 15 is 0 Å². The van der Waals surface area contributed by atoms with Gasteiger partial charge in [-0.3, -0.25) is 4.79 Å². The summed E-state index contributed by atoms with van der Waals surface area (Å²) in [5, 5.41) is 3.48. The van der Waals surface area contributed by atoms with Crippen LogP contribution in [0.1, 0.15) is 56.6 Å². The summed E-state index contributed by atoms with van der Waals surface area (Å²) in [6, 6.07) is 8.55. The summed E-state index contributed by atoms with van der Waals surface area (Å²) >= 11 is 0. The lowest BCUT2D eigenvalue weighted by molar-refractivity contribution is -0.128. The van der Waals surface area contributed by atoms with Crippen molar-refractivity contribution in [2.75, 3.05) is 26.2 Å². The summed E-state index contributed by atoms with van der Waals surface area (Å²) in [6.45, 7) is 7.64. The topological polar surface area (TPSA) is 47.9 Å². The number of likely N-dealkylation sites (tertiary alicyclic amines) is 2. The molecule has 1 spiro atoms. The van der Waals surface area contributed by atoms with Crippen molar-refractivity contribution in [3.63, 3.8) is 0 Å². The molecular formula is C22H33IN4O. The van der Waals surface area contributed by atoms with Crippen molar-refractivity contribution >= 4 is 35.8 Å². The molecule has 0 radical (unpaired) electrons. The summed E-state index contributed by atoms with van der Waals surface area (Å²) in [5.74, 6) is 1.34. The number of hydrogen-bond donors (Lipinski definition) is 1. The molecule has 1 aromatic rings. The van der Waals surface area contributed by atoms with E-state index in [1.54, 1.807) is 0 Å². The number of halogens is 1. The quantitative estimate of drug-likeness (QED) is 0.384. The van der Waals surface area contributed by atoms with Crippen LogP contribution in [-0.2, 0) is 17.9 Å². The van der Waals surface area contributed by atoms with Crippen molar-refractivity contribution in [3.05, 3.63) is 35.4 Å². The van der Waals surface area contributed by atoms with E-state index in [0.29, 0.717) is 18.4 Å². The molecule has 0 atom stereocenters. The normalized spacial score (nSPS) is 21.0. The van der Waals surface area contributed by atoms with Gasteiger partial charge in [-0.2, -0.15) is 0 Å². The molecule has 1 saturated carbocycles. The zero-order valence-electron chi connectivity index (χ0n) is 17.0. The van der Waals surface area contributed by atoms with Gasteiger partial charge in [0.1, 0.15) is 0 Å². The second-order valence-electron chi connectivity index (χ2n) is 8.43. The zero-order valence-corrected chi connectivity index (χ0v) is 19.3. The van der Waals surface area contributed by atoms with Crippen LogP contribution in [0, 0.1) is 5.41 Å². The summed E-state index contributed by atoms with van der Waals surface area (Å²) < 4.78 is 0. The molecule has 2 heterocycles. The smallest absolute Gasteiger partial charge is 0.222 e. The van der Waals surface area contributed by atoms with Gasteiger partial charge in [0, 0.05) is 39.1 Å². The maximum Gasteiger partial charge on any atom is 0.222 e. The first kappa shape index (κ1) is 21.4. The van der Waals surface area contributed by atoms with Crippen LogP contribution in [0.25, 0.3) is 0 Å². The van der Waals surface area contributed by atoms with Gasteiger partial charge in [-0.15, -0.1) is 24.0 Å². The van der Waals surface area contributed by atoms with Crippen LogP contribution in [0.15, 0.2) is 29.3 Å². The number of guanidine groups is 1. The maximum atomic E-state index is 11.9. The van der Waals surface area contributed by atoms with E-state index in [1.807, 2.05) is 4.90 Å². The van der Waals surface area contributed by atoms with Gasteiger partial charge in [0.05, 0.1) is 6.54 Å². The Labute approximate surface area is 186 Å². The van der Waals surface area contributed by atoms with E-state index in [1.165, 1.54) is 36.8 Å². The molecule has 4 rings (SSSR count). The minimum Gasteiger partial charge on any atom is -0.357 e. The van der Waals surface area contributed by atoms with Crippen molar-refractivity contribution in [2.24, 2.45) is 10.4 Å². The lowest BCUT2D eigenvalue weighted by Crippen LogP contribution is -2.42. The number of nitrogens with zero attached hydrogens (tertiary/aromatic N) is 3. The van der Waals surface area contributed by atoms with Gasteiger partial charge >= 0.3 is 0 Å². The Kier molecular flexibility index (Phi) is 7.23. The first-order valence-electron chi connectivity index (χ1n) is 10.6. The van der Waals surface area contributed by atoms with Crippen molar-refractivity contribution in [2.45, 2.75) is 58.5 Å². The monoisotopic (exact) mass is 496 g/mol. The third kappa shape index (κ3) is 4.81. The summed E-state index contributed by atoms with van der Waals surface area (Å²) in [5.41, 5.74) is 3.00. The standard InChI is InChI=1S/C22H32N4O.HI/c1-2-23-21(26-13-11-22(17-26)9-5-10-22)24-15-18-6-3-7-19(14-18)16-25-12-4-8-20(25)27;/h3,6-7,14H,2,4-5,8-13,15-17H2,1H3,(H,23,24);1H. The van der Waals surface area contributed by atoms with Crippen molar-refractivity contribution in [1.82, 2.24) is 15.1 Å². The molecule has 3 aliphatic rings. The Balaban J connectivity index is 0.00000225. The lowest BCUT2D eigenvalue weighted by Gasteiger charge is -2.38. The number of amides is 1. The number of rotatable bonds is 5. The van der Waals surface area contributed by atoms with E-state index in [0.717, 1.165) is 45.1 Å². The molecule has 3 fully saturated rings. The number of aliphatic imine (C=N–C) groups is 1. The van der Waals surface area contributed by atoms with Crippen LogP contribution in [0.2, 0.25) is 0 Å². The van der Waals surface area contributed by atoms with Crippen LogP contribution in [0.5, 0.6) is 0 Å². The molecule has 0 aromatic heterocycles.